The smallest absolute Gasteiger partial charge is 0.328 e. The molecule has 1 aliphatic heterocycles. The highest BCUT2D eigenvalue weighted by molar-refractivity contribution is 6.07. The third-order valence-electron chi connectivity index (χ3n) is 6.75. The van der Waals surface area contributed by atoms with E-state index in [2.05, 4.69) is 69.5 Å². The molecule has 0 bridgehead atoms. The molecule has 0 atom stereocenters. The Balaban J connectivity index is 0.000000557. The fourth-order valence-electron chi connectivity index (χ4n) is 4.39. The lowest BCUT2D eigenvalue weighted by molar-refractivity contribution is -0.134. The van der Waals surface area contributed by atoms with Gasteiger partial charge in [-0.15, -0.1) is 0 Å². The number of carbonyl (C=O) groups excluding carboxylic acids is 1. The van der Waals surface area contributed by atoms with Crippen LogP contribution in [0, 0.1) is 0 Å². The number of anilines is 2. The van der Waals surface area contributed by atoms with E-state index in [0.29, 0.717) is 17.7 Å². The van der Waals surface area contributed by atoms with Crippen LogP contribution < -0.4 is 10.2 Å². The van der Waals surface area contributed by atoms with Crippen LogP contribution >= 0.6 is 0 Å². The van der Waals surface area contributed by atoms with Crippen molar-refractivity contribution in [1.82, 2.24) is 9.80 Å². The van der Waals surface area contributed by atoms with Crippen molar-refractivity contribution in [1.29, 1.82) is 0 Å². The number of hydrogen-bond donors (Lipinski definition) is 3. The summed E-state index contributed by atoms with van der Waals surface area (Å²) in [6.07, 6.45) is 4.75. The zero-order valence-corrected chi connectivity index (χ0v) is 24.9. The van der Waals surface area contributed by atoms with Crippen LogP contribution in [0.5, 0.6) is 0 Å². The lowest BCUT2D eigenvalue weighted by atomic mass is 10.0. The van der Waals surface area contributed by atoms with Crippen LogP contribution in [-0.2, 0) is 9.59 Å². The van der Waals surface area contributed by atoms with Gasteiger partial charge in [-0.3, -0.25) is 4.79 Å². The molecule has 9 nitrogen and oxygen atoms in total. The molecule has 226 valence electrons. The highest BCUT2D eigenvalue weighted by atomic mass is 16.4. The van der Waals surface area contributed by atoms with E-state index in [4.69, 9.17) is 10.2 Å². The maximum atomic E-state index is 13.0. The van der Waals surface area contributed by atoms with E-state index in [1.54, 1.807) is 6.08 Å². The summed E-state index contributed by atoms with van der Waals surface area (Å²) in [6, 6.07) is 24.8. The number of ketones is 1. The molecule has 3 aromatic rings. The third-order valence-corrected chi connectivity index (χ3v) is 6.75. The molecule has 0 unspecified atom stereocenters. The van der Waals surface area contributed by atoms with Crippen LogP contribution in [0.25, 0.3) is 17.2 Å². The number of carboxylic acids is 2. The van der Waals surface area contributed by atoms with Gasteiger partial charge < -0.3 is 30.2 Å². The van der Waals surface area contributed by atoms with Crippen molar-refractivity contribution in [3.8, 4) is 11.1 Å². The zero-order valence-electron chi connectivity index (χ0n) is 24.9. The van der Waals surface area contributed by atoms with Crippen LogP contribution in [0.15, 0.2) is 91.0 Å². The maximum Gasteiger partial charge on any atom is 0.328 e. The lowest BCUT2D eigenvalue weighted by Gasteiger charge is -2.34. The Bertz CT molecular complexity index is 1410. The molecule has 0 saturated carbocycles. The van der Waals surface area contributed by atoms with Gasteiger partial charge >= 0.3 is 11.9 Å². The van der Waals surface area contributed by atoms with Crippen LogP contribution in [0.1, 0.15) is 15.9 Å². The SMILES string of the molecule is CN(C)CCNc1cccc(C(=O)/C=C/c2cc(-c3ccccc3)cc(N3CCN(C)CC3)c2)c1.O=C(O)/C=C/C(=O)O. The summed E-state index contributed by atoms with van der Waals surface area (Å²) in [5, 5.41) is 19.0. The van der Waals surface area contributed by atoms with E-state index in [1.165, 1.54) is 16.8 Å². The van der Waals surface area contributed by atoms with Crippen molar-refractivity contribution in [2.75, 3.05) is 70.6 Å². The monoisotopic (exact) mass is 584 g/mol. The average Bonchev–Trinajstić information content (AvgIpc) is 3.00. The number of aliphatic carboxylic acids is 2. The molecular formula is C34H40N4O5. The molecule has 1 heterocycles. The molecule has 9 heteroatoms. The fourth-order valence-corrected chi connectivity index (χ4v) is 4.39. The first-order valence-electron chi connectivity index (χ1n) is 14.1. The predicted octanol–water partition coefficient (Wildman–Crippen LogP) is 4.69. The van der Waals surface area contributed by atoms with Crippen molar-refractivity contribution in [3.05, 3.63) is 102 Å². The van der Waals surface area contributed by atoms with Gasteiger partial charge in [-0.25, -0.2) is 9.59 Å². The number of piperazine rings is 1. The number of nitrogens with one attached hydrogen (secondary N) is 1. The first-order chi connectivity index (χ1) is 20.6. The minimum Gasteiger partial charge on any atom is -0.478 e. The van der Waals surface area contributed by atoms with Crippen LogP contribution in [0.4, 0.5) is 11.4 Å². The Kier molecular flexibility index (Phi) is 12.7. The largest absolute Gasteiger partial charge is 0.478 e. The summed E-state index contributed by atoms with van der Waals surface area (Å²) in [5.74, 6) is -2.51. The van der Waals surface area contributed by atoms with Gasteiger partial charge in [0.15, 0.2) is 5.78 Å². The second kappa shape index (κ2) is 16.6. The number of benzene rings is 3. The Morgan fingerprint density at radius 1 is 0.814 bits per heavy atom. The molecular weight excluding hydrogens is 544 g/mol. The molecule has 1 saturated heterocycles. The highest BCUT2D eigenvalue weighted by Crippen LogP contribution is 2.28. The Hall–Kier alpha value is -4.73. The van der Waals surface area contributed by atoms with Gasteiger partial charge in [0.2, 0.25) is 0 Å². The second-order valence-electron chi connectivity index (χ2n) is 10.5. The van der Waals surface area contributed by atoms with Crippen LogP contribution in [0.3, 0.4) is 0 Å². The summed E-state index contributed by atoms with van der Waals surface area (Å²) >= 11 is 0. The summed E-state index contributed by atoms with van der Waals surface area (Å²) in [6.45, 7) is 5.89. The maximum absolute atomic E-state index is 13.0. The van der Waals surface area contributed by atoms with Gasteiger partial charge in [0.1, 0.15) is 0 Å². The number of likely N-dealkylation sites (N-methyl/N-ethyl adjacent to an activating group) is 2. The molecule has 0 aromatic heterocycles. The molecule has 1 fully saturated rings. The Morgan fingerprint density at radius 2 is 1.49 bits per heavy atom. The number of nitrogens with zero attached hydrogens (tertiary/aromatic N) is 3. The highest BCUT2D eigenvalue weighted by Gasteiger charge is 2.15. The predicted molar refractivity (Wildman–Crippen MR) is 173 cm³/mol. The molecule has 4 rings (SSSR count). The quantitative estimate of drug-likeness (QED) is 0.218. The van der Waals surface area contributed by atoms with Gasteiger partial charge in [0, 0.05) is 68.4 Å². The summed E-state index contributed by atoms with van der Waals surface area (Å²) in [4.78, 5) is 39.0. The first kappa shape index (κ1) is 32.8. The topological polar surface area (TPSA) is 113 Å². The molecule has 0 spiro atoms. The van der Waals surface area contributed by atoms with E-state index < -0.39 is 11.9 Å². The first-order valence-corrected chi connectivity index (χ1v) is 14.1. The molecule has 1 aliphatic rings. The standard InChI is InChI=1S/C30H36N4O.C4H4O4/c1-32(2)15-14-31-28-11-7-10-26(22-28)30(35)13-12-24-20-27(25-8-5-4-6-9-25)23-29(21-24)34-18-16-33(3)17-19-34;5-3(6)1-2-4(7)8/h4-13,20-23,31H,14-19H2,1-3H3;1-2H,(H,5,6)(H,7,8)/b13-12+;2-1+. The normalized spacial score (nSPS) is 13.6. The van der Waals surface area contributed by atoms with Gasteiger partial charge in [0.25, 0.3) is 0 Å². The van der Waals surface area contributed by atoms with Gasteiger partial charge in [-0.2, -0.15) is 0 Å². The van der Waals surface area contributed by atoms with Crippen LogP contribution in [-0.4, -0.2) is 98.1 Å². The number of carbonyl (C=O) groups is 3. The van der Waals surface area contributed by atoms with E-state index >= 15 is 0 Å². The lowest BCUT2D eigenvalue weighted by Crippen LogP contribution is -2.44. The third kappa shape index (κ3) is 11.6. The number of rotatable bonds is 11. The van der Waals surface area contributed by atoms with Gasteiger partial charge in [-0.05, 0) is 74.2 Å². The number of carboxylic acid groups (broad SMARTS) is 2. The average molecular weight is 585 g/mol. The summed E-state index contributed by atoms with van der Waals surface area (Å²) in [7, 11) is 6.27. The molecule has 0 aliphatic carbocycles. The Morgan fingerprint density at radius 3 is 2.12 bits per heavy atom. The van der Waals surface area contributed by atoms with Crippen molar-refractivity contribution in [2.45, 2.75) is 0 Å². The van der Waals surface area contributed by atoms with Crippen LogP contribution in [0.2, 0.25) is 0 Å². The molecule has 3 N–H and O–H groups in total. The fraction of sp³-hybridized carbons (Fsp3) is 0.265. The Labute approximate surface area is 253 Å². The van der Waals surface area contributed by atoms with E-state index in [1.807, 2.05) is 50.5 Å². The minimum absolute atomic E-state index is 0.00696. The van der Waals surface area contributed by atoms with E-state index in [0.717, 1.165) is 50.5 Å². The zero-order chi connectivity index (χ0) is 31.2. The van der Waals surface area contributed by atoms with E-state index in [-0.39, 0.29) is 5.78 Å². The van der Waals surface area contributed by atoms with Crippen molar-refractivity contribution in [2.24, 2.45) is 0 Å². The molecule has 43 heavy (non-hydrogen) atoms. The minimum atomic E-state index is -1.26. The van der Waals surface area contributed by atoms with Gasteiger partial charge in [0.05, 0.1) is 0 Å². The van der Waals surface area contributed by atoms with E-state index in [9.17, 15) is 14.4 Å². The number of allylic oxidation sites excluding steroid dienone is 1. The summed E-state index contributed by atoms with van der Waals surface area (Å²) in [5.41, 5.74) is 6.25. The van der Waals surface area contributed by atoms with Crippen molar-refractivity contribution >= 4 is 35.2 Å². The molecule has 0 radical (unpaired) electrons. The van der Waals surface area contributed by atoms with Crippen molar-refractivity contribution < 1.29 is 24.6 Å². The van der Waals surface area contributed by atoms with Crippen molar-refractivity contribution in [3.63, 3.8) is 0 Å². The summed E-state index contributed by atoms with van der Waals surface area (Å²) < 4.78 is 0. The number of hydrogen-bond acceptors (Lipinski definition) is 7. The molecule has 3 aromatic carbocycles. The van der Waals surface area contributed by atoms with Gasteiger partial charge in [-0.1, -0.05) is 48.5 Å². The second-order valence-corrected chi connectivity index (χ2v) is 10.5. The molecule has 0 amide bonds.